The third-order valence-corrected chi connectivity index (χ3v) is 4.99. The number of pyridine rings is 1. The normalized spacial score (nSPS) is 28.3. The van der Waals surface area contributed by atoms with E-state index >= 15 is 0 Å². The molecule has 2 aliphatic heterocycles. The average Bonchev–Trinajstić information content (AvgIpc) is 3.06. The van der Waals surface area contributed by atoms with Crippen LogP contribution in [0.1, 0.15) is 29.6 Å². The molecule has 0 bridgehead atoms. The van der Waals surface area contributed by atoms with Gasteiger partial charge in [-0.1, -0.05) is 6.07 Å². The molecule has 25 heavy (non-hydrogen) atoms. The molecule has 1 amide bonds. The number of hydrazine groups is 1. The van der Waals surface area contributed by atoms with Crippen molar-refractivity contribution in [3.05, 3.63) is 53.9 Å². The Morgan fingerprint density at radius 3 is 2.88 bits per heavy atom. The smallest absolute Gasteiger partial charge is 0.221 e. The molecule has 1 aromatic carbocycles. The van der Waals surface area contributed by atoms with Crippen LogP contribution in [-0.2, 0) is 4.79 Å². The fourth-order valence-corrected chi connectivity index (χ4v) is 3.83. The van der Waals surface area contributed by atoms with Crippen LogP contribution in [0.5, 0.6) is 11.5 Å². The van der Waals surface area contributed by atoms with Crippen LogP contribution >= 0.6 is 0 Å². The molecule has 4 rings (SSSR count). The summed E-state index contributed by atoms with van der Waals surface area (Å²) in [6, 6.07) is 10.8. The number of hydrogen-bond acceptors (Lipinski definition) is 6. The van der Waals surface area contributed by atoms with Crippen LogP contribution in [0.15, 0.2) is 42.6 Å². The van der Waals surface area contributed by atoms with Crippen LogP contribution in [0.3, 0.4) is 0 Å². The number of carbonyl (C=O) groups excluding carboxylic acids is 1. The second kappa shape index (κ2) is 6.34. The molecule has 4 N–H and O–H groups in total. The second-order valence-electron chi connectivity index (χ2n) is 6.38. The number of nitrogens with one attached hydrogen (secondary N) is 3. The summed E-state index contributed by atoms with van der Waals surface area (Å²) in [5, 5.41) is 13.4. The topological polar surface area (TPSA) is 95.5 Å². The molecule has 4 atom stereocenters. The monoisotopic (exact) mass is 340 g/mol. The van der Waals surface area contributed by atoms with Crippen molar-refractivity contribution in [1.29, 1.82) is 0 Å². The second-order valence-corrected chi connectivity index (χ2v) is 6.38. The SMILES string of the molecule is COc1ccc(O)c(C2CC(=O)NC3NNC(c4ccccn4)C32)c1. The van der Waals surface area contributed by atoms with Crippen molar-refractivity contribution in [2.24, 2.45) is 5.92 Å². The van der Waals surface area contributed by atoms with Gasteiger partial charge in [-0.15, -0.1) is 0 Å². The van der Waals surface area contributed by atoms with Crippen LogP contribution in [0, 0.1) is 5.92 Å². The number of amides is 1. The summed E-state index contributed by atoms with van der Waals surface area (Å²) >= 11 is 0. The van der Waals surface area contributed by atoms with Crippen molar-refractivity contribution in [3.8, 4) is 11.5 Å². The zero-order valence-electron chi connectivity index (χ0n) is 13.8. The Balaban J connectivity index is 1.76. The Bertz CT molecular complexity index is 783. The van der Waals surface area contributed by atoms with Crippen LogP contribution in [0.2, 0.25) is 0 Å². The summed E-state index contributed by atoms with van der Waals surface area (Å²) in [6.45, 7) is 0. The van der Waals surface area contributed by atoms with E-state index in [4.69, 9.17) is 4.74 Å². The maximum Gasteiger partial charge on any atom is 0.221 e. The molecule has 2 aliphatic rings. The minimum atomic E-state index is -0.233. The van der Waals surface area contributed by atoms with Crippen molar-refractivity contribution in [2.75, 3.05) is 7.11 Å². The van der Waals surface area contributed by atoms with Crippen LogP contribution in [0.25, 0.3) is 0 Å². The van der Waals surface area contributed by atoms with Crippen LogP contribution < -0.4 is 20.9 Å². The van der Waals surface area contributed by atoms with Crippen LogP contribution in [-0.4, -0.2) is 29.3 Å². The maximum atomic E-state index is 12.2. The van der Waals surface area contributed by atoms with Gasteiger partial charge in [-0.3, -0.25) is 9.78 Å². The molecular weight excluding hydrogens is 320 g/mol. The first kappa shape index (κ1) is 15.9. The van der Waals surface area contributed by atoms with Gasteiger partial charge in [0.25, 0.3) is 0 Å². The molecule has 7 heteroatoms. The van der Waals surface area contributed by atoms with E-state index < -0.39 is 0 Å². The molecule has 3 heterocycles. The number of methoxy groups -OCH3 is 1. The van der Waals surface area contributed by atoms with Crippen molar-refractivity contribution in [1.82, 2.24) is 21.2 Å². The minimum Gasteiger partial charge on any atom is -0.508 e. The Morgan fingerprint density at radius 1 is 1.24 bits per heavy atom. The average molecular weight is 340 g/mol. The van der Waals surface area contributed by atoms with E-state index in [9.17, 15) is 9.90 Å². The molecular formula is C18H20N4O3. The lowest BCUT2D eigenvalue weighted by atomic mass is 9.75. The Hall–Kier alpha value is -2.64. The molecule has 1 aromatic heterocycles. The summed E-state index contributed by atoms with van der Waals surface area (Å²) in [4.78, 5) is 16.6. The number of hydrogen-bond donors (Lipinski definition) is 4. The number of aromatic nitrogens is 1. The summed E-state index contributed by atoms with van der Waals surface area (Å²) in [5.41, 5.74) is 8.01. The van der Waals surface area contributed by atoms with Crippen molar-refractivity contribution in [3.63, 3.8) is 0 Å². The number of nitrogens with zero attached hydrogens (tertiary/aromatic N) is 1. The predicted molar refractivity (Wildman–Crippen MR) is 90.7 cm³/mol. The van der Waals surface area contributed by atoms with Crippen molar-refractivity contribution >= 4 is 5.91 Å². The first-order valence-electron chi connectivity index (χ1n) is 8.25. The zero-order chi connectivity index (χ0) is 17.4. The third kappa shape index (κ3) is 2.81. The van der Waals surface area contributed by atoms with E-state index in [1.54, 1.807) is 25.4 Å². The first-order chi connectivity index (χ1) is 12.2. The summed E-state index contributed by atoms with van der Waals surface area (Å²) in [6.07, 6.45) is 1.82. The zero-order valence-corrected chi connectivity index (χ0v) is 13.8. The Morgan fingerprint density at radius 2 is 2.12 bits per heavy atom. The third-order valence-electron chi connectivity index (χ3n) is 4.99. The van der Waals surface area contributed by atoms with E-state index in [1.165, 1.54) is 0 Å². The number of rotatable bonds is 3. The molecule has 0 saturated carbocycles. The number of carbonyl (C=O) groups is 1. The highest BCUT2D eigenvalue weighted by atomic mass is 16.5. The Labute approximate surface area is 145 Å². The highest BCUT2D eigenvalue weighted by Gasteiger charge is 2.47. The van der Waals surface area contributed by atoms with Crippen molar-refractivity contribution < 1.29 is 14.6 Å². The number of phenolic OH excluding ortho intramolecular Hbond substituents is 1. The summed E-state index contributed by atoms with van der Waals surface area (Å²) < 4.78 is 5.30. The van der Waals surface area contributed by atoms with Crippen molar-refractivity contribution in [2.45, 2.75) is 24.5 Å². The molecule has 2 aromatic rings. The lowest BCUT2D eigenvalue weighted by Gasteiger charge is -2.36. The van der Waals surface area contributed by atoms with Crippen LogP contribution in [0.4, 0.5) is 0 Å². The molecule has 2 saturated heterocycles. The molecule has 0 spiro atoms. The van der Waals surface area contributed by atoms with E-state index in [2.05, 4.69) is 21.2 Å². The van der Waals surface area contributed by atoms with Gasteiger partial charge in [-0.25, -0.2) is 10.9 Å². The van der Waals surface area contributed by atoms with Gasteiger partial charge in [0, 0.05) is 30.0 Å². The van der Waals surface area contributed by atoms with Gasteiger partial charge in [0.05, 0.1) is 25.0 Å². The van der Waals surface area contributed by atoms with Gasteiger partial charge in [0.2, 0.25) is 5.91 Å². The molecule has 4 unspecified atom stereocenters. The lowest BCUT2D eigenvalue weighted by Crippen LogP contribution is -2.52. The number of fused-ring (bicyclic) bond motifs is 1. The molecule has 2 fully saturated rings. The lowest BCUT2D eigenvalue weighted by molar-refractivity contribution is -0.125. The van der Waals surface area contributed by atoms with E-state index in [0.29, 0.717) is 12.2 Å². The van der Waals surface area contributed by atoms with Gasteiger partial charge in [0.1, 0.15) is 11.5 Å². The minimum absolute atomic E-state index is 0.00519. The fourth-order valence-electron chi connectivity index (χ4n) is 3.83. The fraction of sp³-hybridized carbons (Fsp3) is 0.333. The molecule has 130 valence electrons. The molecule has 7 nitrogen and oxygen atoms in total. The van der Waals surface area contributed by atoms with Gasteiger partial charge in [0.15, 0.2) is 0 Å². The largest absolute Gasteiger partial charge is 0.508 e. The summed E-state index contributed by atoms with van der Waals surface area (Å²) in [7, 11) is 1.59. The van der Waals surface area contributed by atoms with E-state index in [0.717, 1.165) is 11.3 Å². The number of phenols is 1. The van der Waals surface area contributed by atoms with Gasteiger partial charge in [-0.05, 0) is 30.3 Å². The van der Waals surface area contributed by atoms with E-state index in [1.807, 2.05) is 24.3 Å². The molecule has 0 radical (unpaired) electrons. The number of ether oxygens (including phenoxy) is 1. The van der Waals surface area contributed by atoms with E-state index in [-0.39, 0.29) is 35.7 Å². The maximum absolute atomic E-state index is 12.2. The number of aromatic hydroxyl groups is 1. The summed E-state index contributed by atoms with van der Waals surface area (Å²) in [5.74, 6) is 0.618. The molecule has 0 aliphatic carbocycles. The highest BCUT2D eigenvalue weighted by molar-refractivity contribution is 5.79. The van der Waals surface area contributed by atoms with Gasteiger partial charge in [-0.2, -0.15) is 0 Å². The standard InChI is InChI=1S/C18H20N4O3/c1-25-10-5-6-14(23)11(8-10)12-9-15(24)20-18-16(12)17(21-22-18)13-4-2-3-7-19-13/h2-8,12,16-18,21-23H,9H2,1H3,(H,20,24). The van der Waals surface area contributed by atoms with Gasteiger partial charge < -0.3 is 15.2 Å². The van der Waals surface area contributed by atoms with Gasteiger partial charge >= 0.3 is 0 Å². The predicted octanol–water partition coefficient (Wildman–Crippen LogP) is 1.19. The number of piperidine rings is 1. The highest BCUT2D eigenvalue weighted by Crippen LogP contribution is 2.45. The Kier molecular flexibility index (Phi) is 4.03. The number of benzene rings is 1. The quantitative estimate of drug-likeness (QED) is 0.670. The first-order valence-corrected chi connectivity index (χ1v) is 8.25.